The van der Waals surface area contributed by atoms with Crippen LogP contribution in [0.25, 0.3) is 5.57 Å². The van der Waals surface area contributed by atoms with E-state index >= 15 is 0 Å². The first-order chi connectivity index (χ1) is 8.60. The van der Waals surface area contributed by atoms with Crippen molar-refractivity contribution in [1.82, 2.24) is 0 Å². The average molecular weight is 241 g/mol. The monoisotopic (exact) mass is 241 g/mol. The third-order valence-electron chi connectivity index (χ3n) is 4.14. The predicted octanol–water partition coefficient (Wildman–Crippen LogP) is 3.87. The predicted molar refractivity (Wildman–Crippen MR) is 74.5 cm³/mol. The average Bonchev–Trinajstić information content (AvgIpc) is 2.61. The maximum atomic E-state index is 12.1. The minimum Gasteiger partial charge on any atom is -0.325 e. The zero-order valence-corrected chi connectivity index (χ0v) is 11.0. The Morgan fingerprint density at radius 2 is 2.06 bits per heavy atom. The largest absolute Gasteiger partial charge is 0.325 e. The van der Waals surface area contributed by atoms with Crippen LogP contribution >= 0.6 is 0 Å². The molecule has 3 rings (SSSR count). The van der Waals surface area contributed by atoms with Crippen molar-refractivity contribution in [2.45, 2.75) is 44.9 Å². The number of fused-ring (bicyclic) bond motifs is 1. The normalized spacial score (nSPS) is 21.2. The molecule has 1 aromatic rings. The molecule has 0 unspecified atom stereocenters. The van der Waals surface area contributed by atoms with Gasteiger partial charge in [0.2, 0.25) is 5.91 Å². The van der Waals surface area contributed by atoms with Crippen LogP contribution in [0.1, 0.15) is 50.7 Å². The van der Waals surface area contributed by atoms with Gasteiger partial charge in [-0.1, -0.05) is 18.2 Å². The summed E-state index contributed by atoms with van der Waals surface area (Å²) in [6.07, 6.45) is 7.20. The van der Waals surface area contributed by atoms with E-state index in [0.717, 1.165) is 12.1 Å². The summed E-state index contributed by atoms with van der Waals surface area (Å²) in [4.78, 5) is 12.1. The molecule has 1 aliphatic heterocycles. The van der Waals surface area contributed by atoms with Crippen molar-refractivity contribution in [2.24, 2.45) is 0 Å². The molecule has 2 heteroatoms. The highest BCUT2D eigenvalue weighted by atomic mass is 16.2. The first kappa shape index (κ1) is 11.5. The summed E-state index contributed by atoms with van der Waals surface area (Å²) < 4.78 is 0. The lowest BCUT2D eigenvalue weighted by atomic mass is 9.79. The van der Waals surface area contributed by atoms with Gasteiger partial charge in [0.05, 0.1) is 5.41 Å². The number of carbonyl (C=O) groups is 1. The van der Waals surface area contributed by atoms with Crippen LogP contribution in [0.5, 0.6) is 0 Å². The number of hydrogen-bond donors (Lipinski definition) is 1. The summed E-state index contributed by atoms with van der Waals surface area (Å²) in [5, 5.41) is 3.00. The molecule has 1 amide bonds. The molecule has 2 aliphatic rings. The molecule has 0 radical (unpaired) electrons. The zero-order chi connectivity index (χ0) is 12.8. The molecule has 1 aromatic carbocycles. The fourth-order valence-electron chi connectivity index (χ4n) is 3.07. The van der Waals surface area contributed by atoms with Crippen LogP contribution in [0, 0.1) is 0 Å². The van der Waals surface area contributed by atoms with Crippen LogP contribution in [-0.2, 0) is 10.2 Å². The van der Waals surface area contributed by atoms with Gasteiger partial charge in [-0.15, -0.1) is 0 Å². The Labute approximate surface area is 108 Å². The standard InChI is InChI=1S/C16H19NO/c1-16(2)14-12(11-7-4-3-5-8-11)9-6-10-13(14)17-15(16)18/h6-7,9-10H,3-5,8H2,1-2H3,(H,17,18). The number of amides is 1. The van der Waals surface area contributed by atoms with Crippen molar-refractivity contribution < 1.29 is 4.79 Å². The Balaban J connectivity index is 2.16. The molecule has 2 nitrogen and oxygen atoms in total. The summed E-state index contributed by atoms with van der Waals surface area (Å²) in [6, 6.07) is 6.22. The van der Waals surface area contributed by atoms with Gasteiger partial charge < -0.3 is 5.32 Å². The number of anilines is 1. The van der Waals surface area contributed by atoms with E-state index in [1.165, 1.54) is 36.0 Å². The van der Waals surface area contributed by atoms with Crippen molar-refractivity contribution in [2.75, 3.05) is 5.32 Å². The third-order valence-corrected chi connectivity index (χ3v) is 4.14. The van der Waals surface area contributed by atoms with Crippen LogP contribution in [0.15, 0.2) is 24.3 Å². The Hall–Kier alpha value is -1.57. The van der Waals surface area contributed by atoms with E-state index in [0.29, 0.717) is 0 Å². The van der Waals surface area contributed by atoms with Gasteiger partial charge in [0, 0.05) is 5.69 Å². The minimum atomic E-state index is -0.412. The second-order valence-corrected chi connectivity index (χ2v) is 5.78. The lowest BCUT2D eigenvalue weighted by molar-refractivity contribution is -0.119. The van der Waals surface area contributed by atoms with Crippen LogP contribution in [0.3, 0.4) is 0 Å². The maximum absolute atomic E-state index is 12.1. The summed E-state index contributed by atoms with van der Waals surface area (Å²) >= 11 is 0. The molecule has 18 heavy (non-hydrogen) atoms. The number of allylic oxidation sites excluding steroid dienone is 2. The lowest BCUT2D eigenvalue weighted by Gasteiger charge is -2.22. The van der Waals surface area contributed by atoms with Gasteiger partial charge in [0.15, 0.2) is 0 Å². The number of nitrogens with one attached hydrogen (secondary N) is 1. The quantitative estimate of drug-likeness (QED) is 0.794. The molecule has 0 bridgehead atoms. The van der Waals surface area contributed by atoms with Crippen molar-refractivity contribution in [3.63, 3.8) is 0 Å². The molecular weight excluding hydrogens is 222 g/mol. The fraction of sp³-hybridized carbons (Fsp3) is 0.438. The van der Waals surface area contributed by atoms with Crippen LogP contribution in [0.2, 0.25) is 0 Å². The molecule has 0 saturated carbocycles. The number of benzene rings is 1. The van der Waals surface area contributed by atoms with Gasteiger partial charge in [-0.2, -0.15) is 0 Å². The highest BCUT2D eigenvalue weighted by Gasteiger charge is 2.40. The van der Waals surface area contributed by atoms with Crippen molar-refractivity contribution >= 4 is 17.2 Å². The van der Waals surface area contributed by atoms with Gasteiger partial charge in [0.1, 0.15) is 0 Å². The van der Waals surface area contributed by atoms with E-state index in [1.807, 2.05) is 26.0 Å². The SMILES string of the molecule is CC1(C)C(=O)Nc2cccc(C3=CCCCC3)c21. The Morgan fingerprint density at radius 1 is 1.22 bits per heavy atom. The van der Waals surface area contributed by atoms with Crippen LogP contribution in [0.4, 0.5) is 5.69 Å². The summed E-state index contributed by atoms with van der Waals surface area (Å²) in [5.41, 5.74) is 4.46. The van der Waals surface area contributed by atoms with Gasteiger partial charge in [-0.3, -0.25) is 4.79 Å². The molecule has 1 aliphatic carbocycles. The van der Waals surface area contributed by atoms with Gasteiger partial charge in [-0.25, -0.2) is 0 Å². The highest BCUT2D eigenvalue weighted by Crippen LogP contribution is 2.43. The molecule has 0 atom stereocenters. The Bertz CT molecular complexity index is 540. The van der Waals surface area contributed by atoms with E-state index in [1.54, 1.807) is 0 Å². The molecule has 0 spiro atoms. The van der Waals surface area contributed by atoms with E-state index in [-0.39, 0.29) is 5.91 Å². The Kier molecular flexibility index (Phi) is 2.54. The lowest BCUT2D eigenvalue weighted by Crippen LogP contribution is -2.27. The molecule has 0 fully saturated rings. The molecular formula is C16H19NO. The summed E-state index contributed by atoms with van der Waals surface area (Å²) in [6.45, 7) is 4.03. The smallest absolute Gasteiger partial charge is 0.234 e. The fourth-order valence-corrected chi connectivity index (χ4v) is 3.07. The van der Waals surface area contributed by atoms with Gasteiger partial charge in [-0.05, 0) is 62.3 Å². The molecule has 0 aromatic heterocycles. The van der Waals surface area contributed by atoms with E-state index in [9.17, 15) is 4.79 Å². The van der Waals surface area contributed by atoms with Gasteiger partial charge in [0.25, 0.3) is 0 Å². The first-order valence-electron chi connectivity index (χ1n) is 6.75. The molecule has 1 heterocycles. The van der Waals surface area contributed by atoms with Crippen molar-refractivity contribution in [1.29, 1.82) is 0 Å². The van der Waals surface area contributed by atoms with Crippen LogP contribution < -0.4 is 5.32 Å². The molecule has 94 valence electrons. The zero-order valence-electron chi connectivity index (χ0n) is 11.0. The Morgan fingerprint density at radius 3 is 2.78 bits per heavy atom. The summed E-state index contributed by atoms with van der Waals surface area (Å²) in [7, 11) is 0. The number of hydrogen-bond acceptors (Lipinski definition) is 1. The maximum Gasteiger partial charge on any atom is 0.234 e. The second kappa shape index (κ2) is 3.98. The molecule has 0 saturated heterocycles. The van der Waals surface area contributed by atoms with E-state index in [2.05, 4.69) is 17.5 Å². The molecule has 1 N–H and O–H groups in total. The minimum absolute atomic E-state index is 0.112. The third kappa shape index (κ3) is 1.59. The van der Waals surface area contributed by atoms with E-state index in [4.69, 9.17) is 0 Å². The van der Waals surface area contributed by atoms with Crippen molar-refractivity contribution in [3.8, 4) is 0 Å². The van der Waals surface area contributed by atoms with Crippen molar-refractivity contribution in [3.05, 3.63) is 35.4 Å². The summed E-state index contributed by atoms with van der Waals surface area (Å²) in [5.74, 6) is 0.112. The van der Waals surface area contributed by atoms with Gasteiger partial charge >= 0.3 is 0 Å². The highest BCUT2D eigenvalue weighted by molar-refractivity contribution is 6.07. The topological polar surface area (TPSA) is 29.1 Å². The first-order valence-corrected chi connectivity index (χ1v) is 6.75. The number of rotatable bonds is 1. The number of carbonyl (C=O) groups excluding carboxylic acids is 1. The second-order valence-electron chi connectivity index (χ2n) is 5.78. The van der Waals surface area contributed by atoms with E-state index < -0.39 is 5.41 Å². The van der Waals surface area contributed by atoms with Crippen LogP contribution in [-0.4, -0.2) is 5.91 Å².